The number of benzene rings is 1. The Morgan fingerprint density at radius 2 is 2.07 bits per heavy atom. The number of aromatic nitrogens is 4. The van der Waals surface area contributed by atoms with E-state index in [1.54, 1.807) is 18.3 Å². The van der Waals surface area contributed by atoms with E-state index in [1.165, 1.54) is 11.8 Å². The summed E-state index contributed by atoms with van der Waals surface area (Å²) in [5.74, 6) is 1.42. The Bertz CT molecular complexity index is 983. The largest absolute Gasteiger partial charge is 0.483 e. The highest BCUT2D eigenvalue weighted by Gasteiger charge is 2.19. The van der Waals surface area contributed by atoms with Gasteiger partial charge in [0.25, 0.3) is 0 Å². The van der Waals surface area contributed by atoms with Crippen molar-refractivity contribution in [2.45, 2.75) is 31.7 Å². The van der Waals surface area contributed by atoms with Crippen molar-refractivity contribution >= 4 is 50.9 Å². The molecule has 0 aliphatic rings. The zero-order valence-electron chi connectivity index (χ0n) is 15.8. The maximum Gasteiger partial charge on any atom is 0.234 e. The van der Waals surface area contributed by atoms with Crippen LogP contribution in [0.25, 0.3) is 0 Å². The van der Waals surface area contributed by atoms with Crippen molar-refractivity contribution < 1.29 is 9.53 Å². The minimum atomic E-state index is -0.291. The molecule has 0 fully saturated rings. The number of anilines is 1. The summed E-state index contributed by atoms with van der Waals surface area (Å²) in [6.07, 6.45) is 1.27. The summed E-state index contributed by atoms with van der Waals surface area (Å²) in [6.45, 7) is 4.58. The van der Waals surface area contributed by atoms with Gasteiger partial charge in [-0.1, -0.05) is 39.3 Å². The first kappa shape index (κ1) is 21.6. The van der Waals surface area contributed by atoms with Crippen LogP contribution in [0.4, 0.5) is 5.69 Å². The summed E-state index contributed by atoms with van der Waals surface area (Å²) in [6, 6.07) is 11.0. The van der Waals surface area contributed by atoms with Crippen LogP contribution in [0.1, 0.15) is 25.8 Å². The number of halogens is 2. The number of pyridine rings is 1. The highest BCUT2D eigenvalue weighted by molar-refractivity contribution is 9.10. The molecule has 1 atom stereocenters. The van der Waals surface area contributed by atoms with E-state index in [9.17, 15) is 4.79 Å². The minimum Gasteiger partial charge on any atom is -0.483 e. The van der Waals surface area contributed by atoms with Crippen LogP contribution < -0.4 is 10.1 Å². The van der Waals surface area contributed by atoms with Crippen LogP contribution in [0.2, 0.25) is 5.15 Å². The van der Waals surface area contributed by atoms with Gasteiger partial charge in [-0.25, -0.2) is 4.98 Å². The summed E-state index contributed by atoms with van der Waals surface area (Å²) in [4.78, 5) is 16.2. The lowest BCUT2D eigenvalue weighted by atomic mass is 10.3. The van der Waals surface area contributed by atoms with E-state index in [1.807, 2.05) is 42.7 Å². The number of carbonyl (C=O) groups is 1. The number of nitrogens with zero attached hydrogens (tertiary/aromatic N) is 4. The Hall–Kier alpha value is -2.10. The molecule has 1 aromatic carbocycles. The third kappa shape index (κ3) is 5.71. The molecule has 7 nitrogen and oxygen atoms in total. The molecule has 152 valence electrons. The lowest BCUT2D eigenvalue weighted by Crippen LogP contribution is -2.16. The molecule has 0 saturated heterocycles. The Labute approximate surface area is 186 Å². The summed E-state index contributed by atoms with van der Waals surface area (Å²) in [5.41, 5.74) is 0.480. The van der Waals surface area contributed by atoms with Crippen molar-refractivity contribution in [3.8, 4) is 5.75 Å². The molecule has 2 aromatic heterocycles. The predicted molar refractivity (Wildman–Crippen MR) is 117 cm³/mol. The van der Waals surface area contributed by atoms with Gasteiger partial charge in [0.2, 0.25) is 5.91 Å². The fourth-order valence-electron chi connectivity index (χ4n) is 2.57. The van der Waals surface area contributed by atoms with Crippen LogP contribution in [-0.4, -0.2) is 31.4 Å². The van der Waals surface area contributed by atoms with Crippen molar-refractivity contribution in [2.24, 2.45) is 0 Å². The second kappa shape index (κ2) is 10.1. The molecular formula is C19H19BrClN5O2S. The SMILES string of the molecule is CCn1c(SCC(=O)Nc2cccnc2Cl)nnc1C(C)Oc1ccc(Br)cc1. The number of hydrogen-bond acceptors (Lipinski definition) is 6. The van der Waals surface area contributed by atoms with E-state index in [4.69, 9.17) is 16.3 Å². The highest BCUT2D eigenvalue weighted by atomic mass is 79.9. The second-order valence-corrected chi connectivity index (χ2v) is 8.19. The highest BCUT2D eigenvalue weighted by Crippen LogP contribution is 2.26. The smallest absolute Gasteiger partial charge is 0.234 e. The average Bonchev–Trinajstić information content (AvgIpc) is 3.13. The molecule has 2 heterocycles. The van der Waals surface area contributed by atoms with Crippen LogP contribution in [-0.2, 0) is 11.3 Å². The molecular weight excluding hydrogens is 478 g/mol. The molecule has 1 N–H and O–H groups in total. The monoisotopic (exact) mass is 495 g/mol. The third-order valence-electron chi connectivity index (χ3n) is 3.92. The first-order valence-corrected chi connectivity index (χ1v) is 11.0. The Morgan fingerprint density at radius 3 is 2.76 bits per heavy atom. The zero-order chi connectivity index (χ0) is 20.8. The molecule has 29 heavy (non-hydrogen) atoms. The first-order chi connectivity index (χ1) is 14.0. The number of carbonyl (C=O) groups excluding carboxylic acids is 1. The van der Waals surface area contributed by atoms with E-state index in [0.29, 0.717) is 23.2 Å². The molecule has 1 amide bonds. The Morgan fingerprint density at radius 1 is 1.31 bits per heavy atom. The fraction of sp³-hybridized carbons (Fsp3) is 0.263. The molecule has 3 rings (SSSR count). The topological polar surface area (TPSA) is 81.9 Å². The van der Waals surface area contributed by atoms with Crippen molar-refractivity contribution in [1.29, 1.82) is 0 Å². The van der Waals surface area contributed by atoms with Gasteiger partial charge in [0.15, 0.2) is 22.2 Å². The van der Waals surface area contributed by atoms with Crippen LogP contribution in [0.3, 0.4) is 0 Å². The first-order valence-electron chi connectivity index (χ1n) is 8.86. The van der Waals surface area contributed by atoms with Crippen molar-refractivity contribution in [3.05, 3.63) is 58.0 Å². The second-order valence-electron chi connectivity index (χ2n) is 5.98. The van der Waals surface area contributed by atoms with Gasteiger partial charge in [0.1, 0.15) is 5.75 Å². The quantitative estimate of drug-likeness (QED) is 0.350. The average molecular weight is 497 g/mol. The molecule has 0 spiro atoms. The molecule has 0 saturated carbocycles. The third-order valence-corrected chi connectivity index (χ3v) is 5.71. The van der Waals surface area contributed by atoms with Gasteiger partial charge in [-0.05, 0) is 50.2 Å². The van der Waals surface area contributed by atoms with Crippen LogP contribution in [0.5, 0.6) is 5.75 Å². The Kier molecular flexibility index (Phi) is 7.51. The van der Waals surface area contributed by atoms with Gasteiger partial charge in [0, 0.05) is 17.2 Å². The van der Waals surface area contributed by atoms with Gasteiger partial charge in [-0.3, -0.25) is 4.79 Å². The summed E-state index contributed by atoms with van der Waals surface area (Å²) in [5, 5.41) is 12.2. The van der Waals surface area contributed by atoms with Gasteiger partial charge in [-0.2, -0.15) is 0 Å². The molecule has 1 unspecified atom stereocenters. The van der Waals surface area contributed by atoms with E-state index in [2.05, 4.69) is 36.4 Å². The summed E-state index contributed by atoms with van der Waals surface area (Å²) >= 11 is 10.7. The maximum absolute atomic E-state index is 12.2. The lowest BCUT2D eigenvalue weighted by Gasteiger charge is -2.15. The molecule has 0 aliphatic carbocycles. The molecule has 0 bridgehead atoms. The molecule has 0 radical (unpaired) electrons. The van der Waals surface area contributed by atoms with Crippen LogP contribution in [0, 0.1) is 0 Å². The van der Waals surface area contributed by atoms with Crippen LogP contribution in [0.15, 0.2) is 52.2 Å². The number of rotatable bonds is 8. The fourth-order valence-corrected chi connectivity index (χ4v) is 3.81. The van der Waals surface area contributed by atoms with E-state index in [-0.39, 0.29) is 22.9 Å². The number of ether oxygens (including phenoxy) is 1. The predicted octanol–water partition coefficient (Wildman–Crippen LogP) is 4.98. The van der Waals surface area contributed by atoms with E-state index in [0.717, 1.165) is 10.2 Å². The summed E-state index contributed by atoms with van der Waals surface area (Å²) in [7, 11) is 0. The molecule has 0 aliphatic heterocycles. The van der Waals surface area contributed by atoms with Gasteiger partial charge in [-0.15, -0.1) is 10.2 Å². The standard InChI is InChI=1S/C19H19BrClN5O2S/c1-3-26-18(12(2)28-14-8-6-13(20)7-9-14)24-25-19(26)29-11-16(27)23-15-5-4-10-22-17(15)21/h4-10,12H,3,11H2,1-2H3,(H,23,27). The van der Waals surface area contributed by atoms with E-state index >= 15 is 0 Å². The Balaban J connectivity index is 1.63. The maximum atomic E-state index is 12.2. The number of amides is 1. The summed E-state index contributed by atoms with van der Waals surface area (Å²) < 4.78 is 8.90. The van der Waals surface area contributed by atoms with Gasteiger partial charge < -0.3 is 14.6 Å². The van der Waals surface area contributed by atoms with Crippen LogP contribution >= 0.6 is 39.3 Å². The normalized spacial score (nSPS) is 11.9. The zero-order valence-corrected chi connectivity index (χ0v) is 19.0. The number of nitrogens with one attached hydrogen (secondary N) is 1. The van der Waals surface area contributed by atoms with Crippen molar-refractivity contribution in [3.63, 3.8) is 0 Å². The van der Waals surface area contributed by atoms with Gasteiger partial charge in [0.05, 0.1) is 11.4 Å². The molecule has 10 heteroatoms. The van der Waals surface area contributed by atoms with Crippen molar-refractivity contribution in [2.75, 3.05) is 11.1 Å². The van der Waals surface area contributed by atoms with Gasteiger partial charge >= 0.3 is 0 Å². The van der Waals surface area contributed by atoms with Crippen molar-refractivity contribution in [1.82, 2.24) is 19.7 Å². The minimum absolute atomic E-state index is 0.172. The lowest BCUT2D eigenvalue weighted by molar-refractivity contribution is -0.113. The van der Waals surface area contributed by atoms with E-state index < -0.39 is 0 Å². The number of thioether (sulfide) groups is 1. The number of hydrogen-bond donors (Lipinski definition) is 1. The molecule has 3 aromatic rings.